The molecular weight excluding hydrogens is 232 g/mol. The first-order valence-electron chi connectivity index (χ1n) is 5.69. The Balaban J connectivity index is 2.91. The van der Waals surface area contributed by atoms with Crippen LogP contribution in [0.15, 0.2) is 28.4 Å². The van der Waals surface area contributed by atoms with Crippen molar-refractivity contribution in [1.82, 2.24) is 0 Å². The molecule has 0 fully saturated rings. The molecule has 0 aromatic heterocycles. The van der Waals surface area contributed by atoms with E-state index in [1.54, 1.807) is 0 Å². The average Bonchev–Trinajstić information content (AvgIpc) is 2.32. The van der Waals surface area contributed by atoms with Crippen molar-refractivity contribution in [2.24, 2.45) is 21.7 Å². The highest BCUT2D eigenvalue weighted by molar-refractivity contribution is 5.82. The summed E-state index contributed by atoms with van der Waals surface area (Å²) in [7, 11) is 0. The van der Waals surface area contributed by atoms with E-state index < -0.39 is 0 Å². The lowest BCUT2D eigenvalue weighted by atomic mass is 10.2. The molecule has 6 nitrogen and oxygen atoms in total. The molecular formula is C12H18N4O2. The van der Waals surface area contributed by atoms with Crippen LogP contribution in [0.25, 0.3) is 0 Å². The number of rotatable bonds is 6. The van der Waals surface area contributed by atoms with Crippen molar-refractivity contribution in [2.45, 2.75) is 13.8 Å². The summed E-state index contributed by atoms with van der Waals surface area (Å²) in [6.45, 7) is 4.98. The van der Waals surface area contributed by atoms with E-state index in [0.29, 0.717) is 24.7 Å². The number of guanidine groups is 1. The van der Waals surface area contributed by atoms with Crippen molar-refractivity contribution < 1.29 is 9.47 Å². The topological polar surface area (TPSA) is 95.2 Å². The number of hydrogen-bond acceptors (Lipinski definition) is 4. The Morgan fingerprint density at radius 2 is 1.83 bits per heavy atom. The van der Waals surface area contributed by atoms with Crippen LogP contribution in [0.4, 0.5) is 0 Å². The summed E-state index contributed by atoms with van der Waals surface area (Å²) in [6, 6.07) is 5.49. The van der Waals surface area contributed by atoms with Gasteiger partial charge in [0, 0.05) is 0 Å². The van der Waals surface area contributed by atoms with Crippen LogP contribution in [0.2, 0.25) is 0 Å². The molecule has 0 aliphatic rings. The quantitative estimate of drug-likeness (QED) is 0.449. The zero-order chi connectivity index (χ0) is 13.4. The molecule has 0 aliphatic carbocycles. The van der Waals surface area contributed by atoms with E-state index in [1.807, 2.05) is 32.0 Å². The largest absolute Gasteiger partial charge is 0.490 e. The molecule has 0 heterocycles. The maximum Gasteiger partial charge on any atom is 0.211 e. The zero-order valence-electron chi connectivity index (χ0n) is 10.6. The molecule has 18 heavy (non-hydrogen) atoms. The van der Waals surface area contributed by atoms with Gasteiger partial charge < -0.3 is 20.9 Å². The Morgan fingerprint density at radius 3 is 2.44 bits per heavy atom. The van der Waals surface area contributed by atoms with Crippen molar-refractivity contribution in [3.8, 4) is 11.5 Å². The number of nitrogens with zero attached hydrogens (tertiary/aromatic N) is 2. The van der Waals surface area contributed by atoms with Gasteiger partial charge in [-0.05, 0) is 37.6 Å². The molecule has 1 aromatic carbocycles. The van der Waals surface area contributed by atoms with E-state index in [4.69, 9.17) is 20.9 Å². The van der Waals surface area contributed by atoms with Crippen LogP contribution < -0.4 is 20.9 Å². The van der Waals surface area contributed by atoms with Crippen molar-refractivity contribution in [3.05, 3.63) is 23.8 Å². The monoisotopic (exact) mass is 250 g/mol. The minimum absolute atomic E-state index is 0.0813. The van der Waals surface area contributed by atoms with E-state index in [-0.39, 0.29) is 5.96 Å². The number of hydrogen-bond donors (Lipinski definition) is 2. The lowest BCUT2D eigenvalue weighted by molar-refractivity contribution is 0.288. The van der Waals surface area contributed by atoms with Crippen molar-refractivity contribution >= 4 is 12.2 Å². The average molecular weight is 250 g/mol. The molecule has 0 saturated carbocycles. The summed E-state index contributed by atoms with van der Waals surface area (Å²) >= 11 is 0. The summed E-state index contributed by atoms with van der Waals surface area (Å²) in [5.74, 6) is 1.30. The summed E-state index contributed by atoms with van der Waals surface area (Å²) in [5, 5.41) is 7.26. The standard InChI is InChI=1S/C12H18N4O2/c1-3-17-10-6-5-9(7-11(10)18-4-2)8-15-16-12(13)14/h5-8H,3-4H2,1-2H3,(H4,13,14,16)/b15-8-. The summed E-state index contributed by atoms with van der Waals surface area (Å²) in [4.78, 5) is 0. The molecule has 0 aliphatic heterocycles. The van der Waals surface area contributed by atoms with Crippen molar-refractivity contribution in [1.29, 1.82) is 0 Å². The predicted molar refractivity (Wildman–Crippen MR) is 72.2 cm³/mol. The van der Waals surface area contributed by atoms with Gasteiger partial charge in [-0.1, -0.05) is 0 Å². The van der Waals surface area contributed by atoms with E-state index >= 15 is 0 Å². The Labute approximate surface area is 106 Å². The molecule has 98 valence electrons. The highest BCUT2D eigenvalue weighted by Gasteiger charge is 2.04. The smallest absolute Gasteiger partial charge is 0.211 e. The van der Waals surface area contributed by atoms with Crippen LogP contribution in [0.5, 0.6) is 11.5 Å². The van der Waals surface area contributed by atoms with Gasteiger partial charge in [0.1, 0.15) is 0 Å². The maximum absolute atomic E-state index is 5.49. The maximum atomic E-state index is 5.49. The van der Waals surface area contributed by atoms with Gasteiger partial charge in [0.25, 0.3) is 0 Å². The normalized spacial score (nSPS) is 10.3. The van der Waals surface area contributed by atoms with Crippen LogP contribution in [0.3, 0.4) is 0 Å². The lowest BCUT2D eigenvalue weighted by Gasteiger charge is -2.10. The van der Waals surface area contributed by atoms with E-state index in [9.17, 15) is 0 Å². The first-order chi connectivity index (χ1) is 8.67. The fourth-order valence-electron chi connectivity index (χ4n) is 1.31. The van der Waals surface area contributed by atoms with Gasteiger partial charge in [0.15, 0.2) is 11.5 Å². The highest BCUT2D eigenvalue weighted by Crippen LogP contribution is 2.27. The molecule has 0 saturated heterocycles. The highest BCUT2D eigenvalue weighted by atomic mass is 16.5. The Morgan fingerprint density at radius 1 is 1.17 bits per heavy atom. The first kappa shape index (κ1) is 13.8. The molecule has 4 N–H and O–H groups in total. The third-order valence-electron chi connectivity index (χ3n) is 1.95. The Kier molecular flexibility index (Phi) is 5.50. The van der Waals surface area contributed by atoms with Gasteiger partial charge >= 0.3 is 0 Å². The minimum atomic E-state index is -0.0813. The number of nitrogens with two attached hydrogens (primary N) is 2. The molecule has 6 heteroatoms. The van der Waals surface area contributed by atoms with Gasteiger partial charge in [0.2, 0.25) is 5.96 Å². The molecule has 1 rings (SSSR count). The van der Waals surface area contributed by atoms with Gasteiger partial charge in [-0.25, -0.2) is 0 Å². The number of benzene rings is 1. The molecule has 0 radical (unpaired) electrons. The van der Waals surface area contributed by atoms with Gasteiger partial charge in [-0.3, -0.25) is 0 Å². The fourth-order valence-corrected chi connectivity index (χ4v) is 1.31. The molecule has 0 amide bonds. The zero-order valence-corrected chi connectivity index (χ0v) is 10.6. The second-order valence-corrected chi connectivity index (χ2v) is 3.34. The first-order valence-corrected chi connectivity index (χ1v) is 5.69. The summed E-state index contributed by atoms with van der Waals surface area (Å²) in [5.41, 5.74) is 11.2. The predicted octanol–water partition coefficient (Wildman–Crippen LogP) is 1.09. The van der Waals surface area contributed by atoms with Crippen molar-refractivity contribution in [2.75, 3.05) is 13.2 Å². The van der Waals surface area contributed by atoms with Crippen LogP contribution in [-0.2, 0) is 0 Å². The van der Waals surface area contributed by atoms with Crippen LogP contribution >= 0.6 is 0 Å². The van der Waals surface area contributed by atoms with Crippen molar-refractivity contribution in [3.63, 3.8) is 0 Å². The molecule has 0 unspecified atom stereocenters. The van der Waals surface area contributed by atoms with Crippen LogP contribution in [0, 0.1) is 0 Å². The minimum Gasteiger partial charge on any atom is -0.490 e. The summed E-state index contributed by atoms with van der Waals surface area (Å²) in [6.07, 6.45) is 1.54. The lowest BCUT2D eigenvalue weighted by Crippen LogP contribution is -2.21. The Bertz CT molecular complexity index is 440. The Hall–Kier alpha value is -2.24. The summed E-state index contributed by atoms with van der Waals surface area (Å²) < 4.78 is 10.9. The van der Waals surface area contributed by atoms with E-state index in [0.717, 1.165) is 5.56 Å². The molecule has 0 spiro atoms. The molecule has 1 aromatic rings. The molecule has 0 atom stereocenters. The van der Waals surface area contributed by atoms with Crippen LogP contribution in [0.1, 0.15) is 19.4 Å². The van der Waals surface area contributed by atoms with E-state index in [2.05, 4.69) is 10.2 Å². The third kappa shape index (κ3) is 4.32. The van der Waals surface area contributed by atoms with Gasteiger partial charge in [-0.2, -0.15) is 5.10 Å². The molecule has 0 bridgehead atoms. The SMILES string of the molecule is CCOc1ccc(/C=N\N=C(N)N)cc1OCC. The third-order valence-corrected chi connectivity index (χ3v) is 1.95. The fraction of sp³-hybridized carbons (Fsp3) is 0.333. The van der Waals surface area contributed by atoms with Gasteiger partial charge in [0.05, 0.1) is 19.4 Å². The van der Waals surface area contributed by atoms with Gasteiger partial charge in [-0.15, -0.1) is 5.10 Å². The number of ether oxygens (including phenoxy) is 2. The van der Waals surface area contributed by atoms with Crippen LogP contribution in [-0.4, -0.2) is 25.4 Å². The van der Waals surface area contributed by atoms with E-state index in [1.165, 1.54) is 6.21 Å². The second kappa shape index (κ2) is 7.16. The second-order valence-electron chi connectivity index (χ2n) is 3.34.